The number of aliphatic hydroxyl groups excluding tert-OH is 1. The maximum absolute atomic E-state index is 14.0. The Morgan fingerprint density at radius 3 is 1.93 bits per heavy atom. The van der Waals surface area contributed by atoms with E-state index >= 15 is 0 Å². The Morgan fingerprint density at radius 2 is 1.35 bits per heavy atom. The number of unbranched alkanes of at least 4 members (excludes halogenated alkanes) is 5. The van der Waals surface area contributed by atoms with Gasteiger partial charge in [0.15, 0.2) is 0 Å². The number of thiazole rings is 1. The van der Waals surface area contributed by atoms with Crippen LogP contribution in [-0.2, 0) is 25.7 Å². The molecular weight excluding hydrogens is 938 g/mol. The first-order chi connectivity index (χ1) is 34.1. The number of amides is 4. The molecule has 0 radical (unpaired) electrons. The molecule has 378 valence electrons. The van der Waals surface area contributed by atoms with Crippen molar-refractivity contribution in [1.29, 1.82) is 0 Å². The third-order valence-corrected chi connectivity index (χ3v) is 13.8. The molecule has 4 amide bonds. The number of hydrogen-bond donors (Lipinski definition) is 6. The second-order valence-corrected chi connectivity index (χ2v) is 20.4. The summed E-state index contributed by atoms with van der Waals surface area (Å²) in [6.45, 7) is 8.55. The zero-order chi connectivity index (χ0) is 50.9. The van der Waals surface area contributed by atoms with Gasteiger partial charge in [-0.15, -0.1) is 22.9 Å². The fourth-order valence-electron chi connectivity index (χ4n) is 8.77. The molecule has 1 aromatic heterocycles. The van der Waals surface area contributed by atoms with Gasteiger partial charge in [0.05, 0.1) is 28.7 Å². The number of carbonyl (C=O) groups is 4. The van der Waals surface area contributed by atoms with Gasteiger partial charge in [-0.1, -0.05) is 107 Å². The number of aliphatic hydroxyl groups is 1. The zero-order valence-electron chi connectivity index (χ0n) is 41.2. The molecule has 6 N–H and O–H groups in total. The summed E-state index contributed by atoms with van der Waals surface area (Å²) in [4.78, 5) is 60.0. The predicted molar refractivity (Wildman–Crippen MR) is 281 cm³/mol. The molecule has 6 rings (SSSR count). The van der Waals surface area contributed by atoms with Gasteiger partial charge in [-0.05, 0) is 107 Å². The number of phenolic OH excluding ortho intramolecular Hbond substituents is 2. The molecule has 1 saturated heterocycles. The van der Waals surface area contributed by atoms with Crippen molar-refractivity contribution in [2.24, 2.45) is 5.41 Å². The first-order valence-corrected chi connectivity index (χ1v) is 26.0. The molecule has 0 saturated carbocycles. The molecule has 1 aliphatic rings. The van der Waals surface area contributed by atoms with Crippen molar-refractivity contribution in [2.45, 2.75) is 117 Å². The number of rotatable bonds is 24. The van der Waals surface area contributed by atoms with E-state index in [4.69, 9.17) is 16.3 Å². The van der Waals surface area contributed by atoms with E-state index in [-0.39, 0.29) is 61.1 Å². The van der Waals surface area contributed by atoms with Crippen molar-refractivity contribution < 1.29 is 39.2 Å². The lowest BCUT2D eigenvalue weighted by molar-refractivity contribution is -0.144. The number of aryl methyl sites for hydroxylation is 1. The molecule has 4 aromatic carbocycles. The van der Waals surface area contributed by atoms with E-state index < -0.39 is 23.6 Å². The molecule has 0 bridgehead atoms. The Kier molecular flexibility index (Phi) is 20.0. The third kappa shape index (κ3) is 15.9. The maximum Gasteiger partial charge on any atom is 0.246 e. The van der Waals surface area contributed by atoms with Gasteiger partial charge in [-0.3, -0.25) is 19.2 Å². The van der Waals surface area contributed by atoms with E-state index in [2.05, 4.69) is 20.9 Å². The van der Waals surface area contributed by atoms with Gasteiger partial charge in [0, 0.05) is 38.2 Å². The van der Waals surface area contributed by atoms with Crippen LogP contribution < -0.4 is 20.7 Å². The minimum Gasteiger partial charge on any atom is -0.508 e. The smallest absolute Gasteiger partial charge is 0.246 e. The lowest BCUT2D eigenvalue weighted by Crippen LogP contribution is -2.57. The third-order valence-electron chi connectivity index (χ3n) is 12.6. The quantitative estimate of drug-likeness (QED) is 0.0199. The molecule has 0 spiro atoms. The minimum absolute atomic E-state index is 0.0143. The van der Waals surface area contributed by atoms with Crippen LogP contribution in [0, 0.1) is 12.3 Å². The summed E-state index contributed by atoms with van der Waals surface area (Å²) in [5, 5.41) is 39.3. The minimum atomic E-state index is -0.878. The SMILES string of the molecule is Cc1ncsc1-c1ccc(CNC(=O)[C@@H]2C[C@@H](O)CN2C(=O)[C@@H](NC(=O)CCCCCCCCC(=O)NCCOc2ccc(C(=C(CCCl)c3ccc(O)cc3)c3ccc(O)cc3)cc2)C(C)(C)C)cc1. The van der Waals surface area contributed by atoms with Gasteiger partial charge in [0.1, 0.15) is 35.9 Å². The number of alkyl halides is 1. The Balaban J connectivity index is 0.864. The van der Waals surface area contributed by atoms with E-state index in [1.165, 1.54) is 4.90 Å². The zero-order valence-corrected chi connectivity index (χ0v) is 42.8. The number of ether oxygens (including phenoxy) is 1. The fourth-order valence-corrected chi connectivity index (χ4v) is 9.77. The van der Waals surface area contributed by atoms with Crippen molar-refractivity contribution in [3.05, 3.63) is 131 Å². The highest BCUT2D eigenvalue weighted by Gasteiger charge is 2.44. The van der Waals surface area contributed by atoms with E-state index in [1.54, 1.807) is 35.6 Å². The highest BCUT2D eigenvalue weighted by molar-refractivity contribution is 7.13. The Labute approximate surface area is 426 Å². The average Bonchev–Trinajstić information content (AvgIpc) is 3.97. The van der Waals surface area contributed by atoms with Crippen LogP contribution in [0.2, 0.25) is 0 Å². The second kappa shape index (κ2) is 26.3. The lowest BCUT2D eigenvalue weighted by atomic mass is 9.85. The van der Waals surface area contributed by atoms with Crippen molar-refractivity contribution in [3.8, 4) is 27.7 Å². The van der Waals surface area contributed by atoms with Crippen LogP contribution in [0.25, 0.3) is 21.6 Å². The molecule has 0 unspecified atom stereocenters. The van der Waals surface area contributed by atoms with Crippen LogP contribution in [0.15, 0.2) is 103 Å². The molecule has 15 heteroatoms. The monoisotopic (exact) mass is 1010 g/mol. The highest BCUT2D eigenvalue weighted by atomic mass is 35.5. The van der Waals surface area contributed by atoms with Crippen LogP contribution in [0.5, 0.6) is 17.2 Å². The largest absolute Gasteiger partial charge is 0.508 e. The Morgan fingerprint density at radius 1 is 0.775 bits per heavy atom. The van der Waals surface area contributed by atoms with Gasteiger partial charge >= 0.3 is 0 Å². The highest BCUT2D eigenvalue weighted by Crippen LogP contribution is 2.37. The molecule has 1 aliphatic heterocycles. The summed E-state index contributed by atoms with van der Waals surface area (Å²) in [7, 11) is 0. The summed E-state index contributed by atoms with van der Waals surface area (Å²) in [5.74, 6) is 0.398. The van der Waals surface area contributed by atoms with Crippen molar-refractivity contribution >= 4 is 57.7 Å². The number of benzene rings is 4. The van der Waals surface area contributed by atoms with E-state index in [1.807, 2.05) is 106 Å². The van der Waals surface area contributed by atoms with Gasteiger partial charge < -0.3 is 40.9 Å². The van der Waals surface area contributed by atoms with E-state index in [0.29, 0.717) is 44.0 Å². The second-order valence-electron chi connectivity index (χ2n) is 19.2. The Hall–Kier alpha value is -6.22. The van der Waals surface area contributed by atoms with Gasteiger partial charge in [0.2, 0.25) is 23.6 Å². The molecular formula is C56H68ClN5O8S. The predicted octanol–water partition coefficient (Wildman–Crippen LogP) is 9.54. The number of likely N-dealkylation sites (tertiary alicyclic amines) is 1. The van der Waals surface area contributed by atoms with Crippen molar-refractivity contribution in [1.82, 2.24) is 25.8 Å². The molecule has 1 fully saturated rings. The van der Waals surface area contributed by atoms with Crippen LogP contribution in [0.3, 0.4) is 0 Å². The maximum atomic E-state index is 14.0. The Bertz CT molecular complexity index is 2560. The van der Waals surface area contributed by atoms with Crippen LogP contribution in [0.4, 0.5) is 0 Å². The number of aromatic hydroxyl groups is 2. The number of phenols is 2. The first kappa shape index (κ1) is 54.1. The number of nitrogens with one attached hydrogen (secondary N) is 3. The fraction of sp³-hybridized carbons (Fsp3) is 0.411. The van der Waals surface area contributed by atoms with E-state index in [9.17, 15) is 34.5 Å². The van der Waals surface area contributed by atoms with Gasteiger partial charge in [-0.2, -0.15) is 0 Å². The van der Waals surface area contributed by atoms with Gasteiger partial charge in [-0.25, -0.2) is 4.98 Å². The standard InChI is InChI=1S/C56H68ClN5O8S/c1-37-52(71-36-60-37)42-15-13-38(14-16-42)34-59-54(68)48-33-45(65)35-62(48)55(69)53(56(2,3)4)61-50(67)12-10-8-6-5-7-9-11-49(66)58-31-32-70-46-27-21-41(22-28-46)51(40-19-25-44(64)26-20-40)47(29-30-57)39-17-23-43(63)24-18-39/h13-28,36,45,48,53,63-65H,5-12,29-35H2,1-4H3,(H,58,66)(H,59,68)(H,61,67)/t45-,48+,53-/m1/s1. The number of halogens is 1. The van der Waals surface area contributed by atoms with Crippen LogP contribution in [0.1, 0.15) is 113 Å². The van der Waals surface area contributed by atoms with Gasteiger partial charge in [0.25, 0.3) is 0 Å². The van der Waals surface area contributed by atoms with E-state index in [0.717, 1.165) is 81.6 Å². The van der Waals surface area contributed by atoms with Crippen molar-refractivity contribution in [3.63, 3.8) is 0 Å². The molecule has 3 atom stereocenters. The average molecular weight is 1010 g/mol. The summed E-state index contributed by atoms with van der Waals surface area (Å²) < 4.78 is 5.95. The molecule has 71 heavy (non-hydrogen) atoms. The number of hydrogen-bond acceptors (Lipinski definition) is 10. The van der Waals surface area contributed by atoms with Crippen molar-refractivity contribution in [2.75, 3.05) is 25.6 Å². The normalized spacial score (nSPS) is 15.4. The molecule has 13 nitrogen and oxygen atoms in total. The lowest BCUT2D eigenvalue weighted by Gasteiger charge is -2.35. The number of carbonyl (C=O) groups excluding carboxylic acids is 4. The molecule has 2 heterocycles. The summed E-state index contributed by atoms with van der Waals surface area (Å²) in [6, 6.07) is 27.9. The first-order valence-electron chi connectivity index (χ1n) is 24.5. The number of β-amino-alcohol motifs (C(OH)–C–C–N with tert-alkyl or cyclic N) is 1. The molecule has 5 aromatic rings. The van der Waals surface area contributed by atoms with Crippen LogP contribution in [-0.4, -0.2) is 92.6 Å². The van der Waals surface area contributed by atoms with Crippen LogP contribution >= 0.6 is 22.9 Å². The summed E-state index contributed by atoms with van der Waals surface area (Å²) >= 11 is 7.86. The number of nitrogens with zero attached hydrogens (tertiary/aromatic N) is 2. The topological polar surface area (TPSA) is 190 Å². The molecule has 0 aliphatic carbocycles. The number of allylic oxidation sites excluding steroid dienone is 1. The number of aromatic nitrogens is 1. The summed E-state index contributed by atoms with van der Waals surface area (Å²) in [5.41, 5.74) is 8.83. The summed E-state index contributed by atoms with van der Waals surface area (Å²) in [6.07, 6.45) is 5.50.